The molecule has 0 aliphatic rings. The van der Waals surface area contributed by atoms with E-state index in [1.807, 2.05) is 59.7 Å². The molecule has 0 saturated carbocycles. The van der Waals surface area contributed by atoms with Crippen LogP contribution in [0.1, 0.15) is 92.0 Å². The summed E-state index contributed by atoms with van der Waals surface area (Å²) in [4.78, 5) is 13.4. The number of pyridine rings is 3. The Bertz CT molecular complexity index is 1160. The number of aromatic nitrogens is 3. The second kappa shape index (κ2) is 14.7. The molecule has 0 amide bonds. The molecule has 6 N–H and O–H groups in total. The Hall–Kier alpha value is -3.04. The van der Waals surface area contributed by atoms with Crippen LogP contribution in [0.2, 0.25) is 0 Å². The molecule has 41 heavy (non-hydrogen) atoms. The summed E-state index contributed by atoms with van der Waals surface area (Å²) in [5.41, 5.74) is 25.9. The lowest BCUT2D eigenvalue weighted by atomic mass is 10.0. The Morgan fingerprint density at radius 1 is 0.537 bits per heavy atom. The van der Waals surface area contributed by atoms with Crippen LogP contribution in [0.25, 0.3) is 0 Å². The van der Waals surface area contributed by atoms with Crippen LogP contribution in [0.5, 0.6) is 0 Å². The van der Waals surface area contributed by atoms with Gasteiger partial charge < -0.3 is 17.2 Å². The number of hydrogen-bond donors (Lipinski definition) is 3. The summed E-state index contributed by atoms with van der Waals surface area (Å²) in [6.45, 7) is 12.1. The van der Waals surface area contributed by atoms with E-state index in [0.717, 1.165) is 69.7 Å². The predicted octanol–water partition coefficient (Wildman–Crippen LogP) is 6.05. The lowest BCUT2D eigenvalue weighted by molar-refractivity contribution is 0.0966. The van der Waals surface area contributed by atoms with Gasteiger partial charge in [0.05, 0.1) is 19.8 Å². The molecule has 0 unspecified atom stereocenters. The lowest BCUT2D eigenvalue weighted by Crippen LogP contribution is -2.11. The van der Waals surface area contributed by atoms with E-state index in [0.29, 0.717) is 36.7 Å². The van der Waals surface area contributed by atoms with Crippen LogP contribution < -0.4 is 17.2 Å². The fourth-order valence-corrected chi connectivity index (χ4v) is 6.10. The van der Waals surface area contributed by atoms with Gasteiger partial charge in [0.15, 0.2) is 0 Å². The van der Waals surface area contributed by atoms with E-state index in [1.165, 1.54) is 0 Å². The van der Waals surface area contributed by atoms with Gasteiger partial charge >= 0.3 is 7.82 Å². The quantitative estimate of drug-likeness (QED) is 0.179. The first-order valence-corrected chi connectivity index (χ1v) is 15.9. The van der Waals surface area contributed by atoms with Crippen molar-refractivity contribution in [3.8, 4) is 0 Å². The van der Waals surface area contributed by atoms with Crippen LogP contribution >= 0.6 is 7.82 Å². The first-order valence-electron chi connectivity index (χ1n) is 14.5. The Labute approximate surface area is 244 Å². The van der Waals surface area contributed by atoms with Gasteiger partial charge in [-0.05, 0) is 73.4 Å². The SMILES string of the molecule is CCc1cc(N)nc(CC)c1COP(=O)(OCc1c(CC)cc(N)nc1CC)OCc1c(CC)cc(N)nc1CC. The van der Waals surface area contributed by atoms with E-state index in [1.54, 1.807) is 0 Å². The number of rotatable bonds is 15. The molecule has 11 heteroatoms. The minimum absolute atomic E-state index is 0.000576. The highest BCUT2D eigenvalue weighted by Gasteiger charge is 2.30. The molecule has 0 spiro atoms. The van der Waals surface area contributed by atoms with Gasteiger partial charge in [0.25, 0.3) is 0 Å². The third kappa shape index (κ3) is 8.04. The molecule has 3 rings (SSSR count). The fraction of sp³-hybridized carbons (Fsp3) is 0.500. The molecule has 0 atom stereocenters. The van der Waals surface area contributed by atoms with Crippen molar-refractivity contribution in [1.82, 2.24) is 15.0 Å². The molecule has 3 aromatic heterocycles. The molecule has 0 fully saturated rings. The number of nitrogens with two attached hydrogens (primary N) is 3. The number of phosphoric acid groups is 1. The summed E-state index contributed by atoms with van der Waals surface area (Å²) in [6, 6.07) is 5.48. The standard InChI is InChI=1S/C30H45N6O4P/c1-7-19-13-28(31)34-25(10-4)22(19)16-38-41(37,39-17-23-20(8-2)14-29(32)35-26(23)11-5)40-18-24-21(9-3)15-30(33)36-27(24)12-6/h13-15H,7-12,16-18H2,1-6H3,(H2,31,34)(H2,32,35)(H2,33,36). The van der Waals surface area contributed by atoms with Gasteiger partial charge in [-0.1, -0.05) is 41.5 Å². The van der Waals surface area contributed by atoms with Crippen molar-refractivity contribution in [3.05, 3.63) is 68.7 Å². The van der Waals surface area contributed by atoms with Crippen LogP contribution in [0.15, 0.2) is 18.2 Å². The Kier molecular flexibility index (Phi) is 11.7. The van der Waals surface area contributed by atoms with Crippen molar-refractivity contribution in [2.45, 2.75) is 99.9 Å². The smallest absolute Gasteiger partial charge is 0.384 e. The van der Waals surface area contributed by atoms with Crippen molar-refractivity contribution in [2.24, 2.45) is 0 Å². The van der Waals surface area contributed by atoms with E-state index in [4.69, 9.17) is 30.8 Å². The second-order valence-electron chi connectivity index (χ2n) is 9.78. The second-order valence-corrected chi connectivity index (χ2v) is 11.5. The van der Waals surface area contributed by atoms with Crippen LogP contribution in [0.4, 0.5) is 17.5 Å². The molecule has 0 saturated heterocycles. The third-order valence-electron chi connectivity index (χ3n) is 7.21. The number of anilines is 3. The summed E-state index contributed by atoms with van der Waals surface area (Å²) in [5, 5.41) is 0. The maximum absolute atomic E-state index is 14.3. The molecule has 3 aromatic rings. The summed E-state index contributed by atoms with van der Waals surface area (Å²) >= 11 is 0. The molecular formula is C30H45N6O4P. The van der Waals surface area contributed by atoms with Gasteiger partial charge in [-0.15, -0.1) is 0 Å². The van der Waals surface area contributed by atoms with Gasteiger partial charge in [0.2, 0.25) is 0 Å². The van der Waals surface area contributed by atoms with E-state index >= 15 is 0 Å². The normalized spacial score (nSPS) is 11.8. The van der Waals surface area contributed by atoms with Crippen molar-refractivity contribution in [3.63, 3.8) is 0 Å². The molecule has 0 aliphatic carbocycles. The molecule has 10 nitrogen and oxygen atoms in total. The van der Waals surface area contributed by atoms with Gasteiger partial charge in [0.1, 0.15) is 17.5 Å². The van der Waals surface area contributed by atoms with E-state index < -0.39 is 7.82 Å². The highest BCUT2D eigenvalue weighted by molar-refractivity contribution is 7.48. The maximum atomic E-state index is 14.3. The highest BCUT2D eigenvalue weighted by atomic mass is 31.2. The molecule has 0 bridgehead atoms. The van der Waals surface area contributed by atoms with Crippen molar-refractivity contribution >= 4 is 25.3 Å². The van der Waals surface area contributed by atoms with Crippen molar-refractivity contribution < 1.29 is 18.1 Å². The molecule has 0 aliphatic heterocycles. The monoisotopic (exact) mass is 584 g/mol. The zero-order valence-electron chi connectivity index (χ0n) is 25.2. The van der Waals surface area contributed by atoms with Crippen molar-refractivity contribution in [2.75, 3.05) is 17.2 Å². The number of hydrogen-bond acceptors (Lipinski definition) is 10. The van der Waals surface area contributed by atoms with Crippen LogP contribution in [-0.4, -0.2) is 15.0 Å². The molecular weight excluding hydrogens is 539 g/mol. The van der Waals surface area contributed by atoms with Crippen LogP contribution in [0.3, 0.4) is 0 Å². The van der Waals surface area contributed by atoms with Crippen LogP contribution in [-0.2, 0) is 76.5 Å². The Morgan fingerprint density at radius 2 is 0.805 bits per heavy atom. The summed E-state index contributed by atoms with van der Waals surface area (Å²) in [5.74, 6) is 1.34. The molecule has 0 radical (unpaired) electrons. The Balaban J connectivity index is 1.98. The van der Waals surface area contributed by atoms with E-state index in [9.17, 15) is 4.57 Å². The average Bonchev–Trinajstić information content (AvgIpc) is 2.97. The predicted molar refractivity (Wildman–Crippen MR) is 164 cm³/mol. The average molecular weight is 585 g/mol. The molecule has 3 heterocycles. The van der Waals surface area contributed by atoms with Crippen molar-refractivity contribution in [1.29, 1.82) is 0 Å². The number of nitrogen functional groups attached to an aromatic ring is 3. The Morgan fingerprint density at radius 3 is 1.02 bits per heavy atom. The third-order valence-corrected chi connectivity index (χ3v) is 8.55. The fourth-order valence-electron chi connectivity index (χ4n) is 5.01. The molecule has 0 aromatic carbocycles. The first kappa shape index (κ1) is 32.5. The topological polar surface area (TPSA) is 161 Å². The summed E-state index contributed by atoms with van der Waals surface area (Å²) < 4.78 is 32.5. The lowest BCUT2D eigenvalue weighted by Gasteiger charge is -2.22. The first-order chi connectivity index (χ1) is 19.6. The molecule has 224 valence electrons. The maximum Gasteiger partial charge on any atom is 0.475 e. The minimum atomic E-state index is -4.11. The van der Waals surface area contributed by atoms with E-state index in [-0.39, 0.29) is 19.8 Å². The summed E-state index contributed by atoms with van der Waals surface area (Å²) in [6.07, 6.45) is 4.11. The van der Waals surface area contributed by atoms with Gasteiger partial charge in [-0.2, -0.15) is 0 Å². The van der Waals surface area contributed by atoms with Gasteiger partial charge in [-0.3, -0.25) is 13.6 Å². The summed E-state index contributed by atoms with van der Waals surface area (Å²) in [7, 11) is -4.11. The zero-order valence-corrected chi connectivity index (χ0v) is 26.1. The van der Waals surface area contributed by atoms with Gasteiger partial charge in [-0.25, -0.2) is 19.5 Å². The number of nitrogens with zero attached hydrogens (tertiary/aromatic N) is 3. The number of phosphoric ester groups is 1. The largest absolute Gasteiger partial charge is 0.475 e. The minimum Gasteiger partial charge on any atom is -0.384 e. The number of aryl methyl sites for hydroxylation is 6. The zero-order chi connectivity index (χ0) is 30.2. The van der Waals surface area contributed by atoms with E-state index in [2.05, 4.69) is 15.0 Å². The van der Waals surface area contributed by atoms with Crippen LogP contribution in [0, 0.1) is 0 Å². The highest BCUT2D eigenvalue weighted by Crippen LogP contribution is 2.52. The van der Waals surface area contributed by atoms with Gasteiger partial charge in [0, 0.05) is 33.8 Å².